The van der Waals surface area contributed by atoms with Crippen molar-refractivity contribution < 1.29 is 14.3 Å². The summed E-state index contributed by atoms with van der Waals surface area (Å²) in [6, 6.07) is 15.0. The first kappa shape index (κ1) is 16.8. The number of carbonyl (C=O) groups is 1. The Morgan fingerprint density at radius 2 is 2.04 bits per heavy atom. The lowest BCUT2D eigenvalue weighted by Crippen LogP contribution is -2.38. The molecular formula is C20H20N2O3. The molecule has 1 amide bonds. The van der Waals surface area contributed by atoms with Gasteiger partial charge in [-0.3, -0.25) is 4.79 Å². The third-order valence-electron chi connectivity index (χ3n) is 4.14. The van der Waals surface area contributed by atoms with Crippen molar-refractivity contribution in [2.24, 2.45) is 0 Å². The van der Waals surface area contributed by atoms with Crippen LogP contribution in [0.1, 0.15) is 24.5 Å². The highest BCUT2D eigenvalue weighted by molar-refractivity contribution is 5.95. The Bertz CT molecular complexity index is 811. The van der Waals surface area contributed by atoms with Gasteiger partial charge in [0.1, 0.15) is 0 Å². The number of carbonyl (C=O) groups excluding carboxylic acids is 1. The fourth-order valence-electron chi connectivity index (χ4n) is 2.98. The molecule has 2 aromatic rings. The van der Waals surface area contributed by atoms with Crippen LogP contribution in [0.3, 0.4) is 0 Å². The Balaban J connectivity index is 1.72. The van der Waals surface area contributed by atoms with Crippen LogP contribution in [0.25, 0.3) is 0 Å². The number of hydrogen-bond acceptors (Lipinski definition) is 4. The van der Waals surface area contributed by atoms with Crippen LogP contribution in [-0.4, -0.2) is 25.7 Å². The molecule has 128 valence electrons. The fourth-order valence-corrected chi connectivity index (χ4v) is 2.98. The van der Waals surface area contributed by atoms with Crippen molar-refractivity contribution in [3.63, 3.8) is 0 Å². The minimum absolute atomic E-state index is 0.0691. The van der Waals surface area contributed by atoms with Crippen LogP contribution in [0.15, 0.2) is 42.5 Å². The number of benzene rings is 2. The molecule has 0 fully saturated rings. The van der Waals surface area contributed by atoms with Gasteiger partial charge in [0.05, 0.1) is 18.2 Å². The van der Waals surface area contributed by atoms with Crippen molar-refractivity contribution in [3.05, 3.63) is 53.6 Å². The molecule has 0 N–H and O–H groups in total. The van der Waals surface area contributed by atoms with E-state index in [9.17, 15) is 4.79 Å². The molecule has 5 nitrogen and oxygen atoms in total. The van der Waals surface area contributed by atoms with E-state index >= 15 is 0 Å². The number of para-hydroxylation sites is 1. The molecule has 0 saturated heterocycles. The van der Waals surface area contributed by atoms with Crippen LogP contribution in [-0.2, 0) is 11.2 Å². The first-order valence-electron chi connectivity index (χ1n) is 8.41. The Labute approximate surface area is 147 Å². The molecule has 1 aliphatic heterocycles. The minimum Gasteiger partial charge on any atom is -0.490 e. The molecule has 0 aliphatic carbocycles. The van der Waals surface area contributed by atoms with Gasteiger partial charge in [0.2, 0.25) is 0 Å². The van der Waals surface area contributed by atoms with E-state index in [4.69, 9.17) is 14.7 Å². The average Bonchev–Trinajstić information content (AvgIpc) is 2.66. The predicted octanol–water partition coefficient (Wildman–Crippen LogP) is 3.32. The van der Waals surface area contributed by atoms with Gasteiger partial charge < -0.3 is 14.4 Å². The van der Waals surface area contributed by atoms with Gasteiger partial charge in [0.15, 0.2) is 18.1 Å². The van der Waals surface area contributed by atoms with Crippen LogP contribution in [0.5, 0.6) is 11.5 Å². The highest BCUT2D eigenvalue weighted by Gasteiger charge is 2.22. The summed E-state index contributed by atoms with van der Waals surface area (Å²) in [4.78, 5) is 14.4. The summed E-state index contributed by atoms with van der Waals surface area (Å²) >= 11 is 0. The van der Waals surface area contributed by atoms with Gasteiger partial charge in [-0.05, 0) is 43.5 Å². The van der Waals surface area contributed by atoms with Crippen LogP contribution in [0.4, 0.5) is 5.69 Å². The molecule has 0 atom stereocenters. The number of anilines is 1. The second-order valence-electron chi connectivity index (χ2n) is 5.77. The lowest BCUT2D eigenvalue weighted by molar-refractivity contribution is -0.120. The second kappa shape index (κ2) is 7.71. The first-order chi connectivity index (χ1) is 12.2. The molecule has 3 rings (SSSR count). The molecule has 0 radical (unpaired) electrons. The van der Waals surface area contributed by atoms with Crippen LogP contribution < -0.4 is 14.4 Å². The third-order valence-corrected chi connectivity index (χ3v) is 4.14. The Kier molecular flexibility index (Phi) is 5.20. The van der Waals surface area contributed by atoms with Crippen molar-refractivity contribution in [3.8, 4) is 17.6 Å². The zero-order valence-corrected chi connectivity index (χ0v) is 14.2. The van der Waals surface area contributed by atoms with E-state index in [0.29, 0.717) is 30.2 Å². The Hall–Kier alpha value is -3.00. The summed E-state index contributed by atoms with van der Waals surface area (Å²) < 4.78 is 11.2. The highest BCUT2D eigenvalue weighted by atomic mass is 16.5. The van der Waals surface area contributed by atoms with Crippen LogP contribution in [0.2, 0.25) is 0 Å². The van der Waals surface area contributed by atoms with Crippen molar-refractivity contribution in [1.82, 2.24) is 0 Å². The molecule has 25 heavy (non-hydrogen) atoms. The van der Waals surface area contributed by atoms with Crippen molar-refractivity contribution in [1.29, 1.82) is 5.26 Å². The van der Waals surface area contributed by atoms with Gasteiger partial charge in [0, 0.05) is 18.3 Å². The summed E-state index contributed by atoms with van der Waals surface area (Å²) in [6.07, 6.45) is 1.94. The largest absolute Gasteiger partial charge is 0.490 e. The Morgan fingerprint density at radius 3 is 2.84 bits per heavy atom. The van der Waals surface area contributed by atoms with Gasteiger partial charge in [0.25, 0.3) is 5.91 Å². The zero-order valence-electron chi connectivity index (χ0n) is 14.2. The maximum atomic E-state index is 12.6. The highest BCUT2D eigenvalue weighted by Crippen LogP contribution is 2.30. The monoisotopic (exact) mass is 336 g/mol. The molecule has 1 heterocycles. The number of amides is 1. The van der Waals surface area contributed by atoms with Gasteiger partial charge in [-0.15, -0.1) is 0 Å². The summed E-state index contributed by atoms with van der Waals surface area (Å²) in [5, 5.41) is 9.00. The van der Waals surface area contributed by atoms with E-state index in [-0.39, 0.29) is 12.5 Å². The van der Waals surface area contributed by atoms with E-state index in [1.165, 1.54) is 5.56 Å². The van der Waals surface area contributed by atoms with E-state index < -0.39 is 0 Å². The summed E-state index contributed by atoms with van der Waals surface area (Å²) in [6.45, 7) is 2.95. The van der Waals surface area contributed by atoms with E-state index in [2.05, 4.69) is 12.1 Å². The summed E-state index contributed by atoms with van der Waals surface area (Å²) in [5.74, 6) is 0.867. The Morgan fingerprint density at radius 1 is 1.20 bits per heavy atom. The standard InChI is InChI=1S/C20H20N2O3/c1-2-24-19-12-15(13-21)9-10-18(19)25-14-20(23)22-11-5-7-16-6-3-4-8-17(16)22/h3-4,6,8-10,12H,2,5,7,11,14H2,1H3. The van der Waals surface area contributed by atoms with Gasteiger partial charge in [-0.1, -0.05) is 18.2 Å². The quantitative estimate of drug-likeness (QED) is 0.840. The second-order valence-corrected chi connectivity index (χ2v) is 5.77. The number of rotatable bonds is 5. The van der Waals surface area contributed by atoms with E-state index in [1.54, 1.807) is 23.1 Å². The molecule has 1 aliphatic rings. The lowest BCUT2D eigenvalue weighted by Gasteiger charge is -2.29. The topological polar surface area (TPSA) is 62.6 Å². The number of aryl methyl sites for hydroxylation is 1. The lowest BCUT2D eigenvalue weighted by atomic mass is 10.0. The normalized spacial score (nSPS) is 12.9. The smallest absolute Gasteiger partial charge is 0.264 e. The van der Waals surface area contributed by atoms with Gasteiger partial charge >= 0.3 is 0 Å². The van der Waals surface area contributed by atoms with Crippen LogP contribution in [0, 0.1) is 11.3 Å². The maximum Gasteiger partial charge on any atom is 0.264 e. The van der Waals surface area contributed by atoms with Gasteiger partial charge in [-0.2, -0.15) is 5.26 Å². The molecule has 0 unspecified atom stereocenters. The fraction of sp³-hybridized carbons (Fsp3) is 0.300. The van der Waals surface area contributed by atoms with Crippen molar-refractivity contribution in [2.75, 3.05) is 24.7 Å². The van der Waals surface area contributed by atoms with E-state index in [1.807, 2.05) is 25.1 Å². The number of nitrogens with zero attached hydrogens (tertiary/aromatic N) is 2. The zero-order chi connectivity index (χ0) is 17.6. The molecule has 5 heteroatoms. The van der Waals surface area contributed by atoms with E-state index in [0.717, 1.165) is 18.5 Å². The molecule has 0 saturated carbocycles. The maximum absolute atomic E-state index is 12.6. The number of fused-ring (bicyclic) bond motifs is 1. The minimum atomic E-state index is -0.0843. The summed E-state index contributed by atoms with van der Waals surface area (Å²) in [5.41, 5.74) is 2.65. The van der Waals surface area contributed by atoms with Crippen molar-refractivity contribution in [2.45, 2.75) is 19.8 Å². The molecule has 0 spiro atoms. The molecular weight excluding hydrogens is 316 g/mol. The van der Waals surface area contributed by atoms with Crippen molar-refractivity contribution >= 4 is 11.6 Å². The van der Waals surface area contributed by atoms with Gasteiger partial charge in [-0.25, -0.2) is 0 Å². The van der Waals surface area contributed by atoms with Crippen LogP contribution >= 0.6 is 0 Å². The molecule has 0 aromatic heterocycles. The first-order valence-corrected chi connectivity index (χ1v) is 8.41. The number of nitriles is 1. The molecule has 0 bridgehead atoms. The summed E-state index contributed by atoms with van der Waals surface area (Å²) in [7, 11) is 0. The average molecular weight is 336 g/mol. The SMILES string of the molecule is CCOc1cc(C#N)ccc1OCC(=O)N1CCCc2ccccc21. The third kappa shape index (κ3) is 3.74. The number of hydrogen-bond donors (Lipinski definition) is 0. The molecule has 2 aromatic carbocycles. The predicted molar refractivity (Wildman–Crippen MR) is 94.9 cm³/mol. The number of ether oxygens (including phenoxy) is 2.